The van der Waals surface area contributed by atoms with E-state index in [1.165, 1.54) is 5.56 Å². The molecule has 4 rings (SSSR count). The zero-order chi connectivity index (χ0) is 20.1. The molecule has 29 heavy (non-hydrogen) atoms. The molecule has 0 saturated heterocycles. The Kier molecular flexibility index (Phi) is 5.47. The molecule has 1 aliphatic rings. The topological polar surface area (TPSA) is 70.6 Å². The molecule has 0 heterocycles. The van der Waals surface area contributed by atoms with E-state index >= 15 is 0 Å². The second-order valence-corrected chi connectivity index (χ2v) is 6.91. The van der Waals surface area contributed by atoms with Crippen LogP contribution in [0, 0.1) is 0 Å². The summed E-state index contributed by atoms with van der Waals surface area (Å²) in [7, 11) is 0. The molecule has 5 nitrogen and oxygen atoms in total. The largest absolute Gasteiger partial charge is 0.322 e. The van der Waals surface area contributed by atoms with Crippen LogP contribution in [0.4, 0.5) is 5.69 Å². The average Bonchev–Trinajstić information content (AvgIpc) is 2.78. The molecule has 3 aromatic carbocycles. The van der Waals surface area contributed by atoms with Crippen molar-refractivity contribution in [1.29, 1.82) is 0 Å². The molecule has 0 aromatic heterocycles. The van der Waals surface area contributed by atoms with Gasteiger partial charge in [0, 0.05) is 22.4 Å². The van der Waals surface area contributed by atoms with Crippen molar-refractivity contribution in [3.05, 3.63) is 101 Å². The van der Waals surface area contributed by atoms with Crippen LogP contribution in [0.5, 0.6) is 0 Å². The molecule has 0 aliphatic heterocycles. The van der Waals surface area contributed by atoms with Gasteiger partial charge < -0.3 is 5.32 Å². The third kappa shape index (κ3) is 4.41. The van der Waals surface area contributed by atoms with Crippen molar-refractivity contribution in [2.24, 2.45) is 5.10 Å². The molecule has 0 spiro atoms. The minimum atomic E-state index is -0.276. The van der Waals surface area contributed by atoms with E-state index < -0.39 is 0 Å². The van der Waals surface area contributed by atoms with Gasteiger partial charge >= 0.3 is 0 Å². The van der Waals surface area contributed by atoms with Gasteiger partial charge in [-0.3, -0.25) is 9.59 Å². The maximum atomic E-state index is 12.4. The number of fused-ring (bicyclic) bond motifs is 1. The maximum Gasteiger partial charge on any atom is 0.271 e. The van der Waals surface area contributed by atoms with Crippen molar-refractivity contribution in [2.75, 3.05) is 5.32 Å². The van der Waals surface area contributed by atoms with E-state index in [4.69, 9.17) is 0 Å². The first-order valence-electron chi connectivity index (χ1n) is 9.62. The number of carbonyl (C=O) groups excluding carboxylic acids is 2. The van der Waals surface area contributed by atoms with Gasteiger partial charge in [0.2, 0.25) is 0 Å². The van der Waals surface area contributed by atoms with Crippen molar-refractivity contribution in [3.8, 4) is 0 Å². The van der Waals surface area contributed by atoms with E-state index in [-0.39, 0.29) is 11.8 Å². The number of amides is 2. The average molecular weight is 383 g/mol. The fourth-order valence-electron chi connectivity index (χ4n) is 3.40. The molecule has 0 saturated carbocycles. The zero-order valence-corrected chi connectivity index (χ0v) is 15.9. The third-order valence-electron chi connectivity index (χ3n) is 4.92. The van der Waals surface area contributed by atoms with E-state index in [9.17, 15) is 9.59 Å². The summed E-state index contributed by atoms with van der Waals surface area (Å²) >= 11 is 0. The minimum absolute atomic E-state index is 0.190. The van der Waals surface area contributed by atoms with Crippen molar-refractivity contribution < 1.29 is 9.59 Å². The van der Waals surface area contributed by atoms with E-state index in [0.29, 0.717) is 16.8 Å². The quantitative estimate of drug-likeness (QED) is 0.655. The third-order valence-corrected chi connectivity index (χ3v) is 4.92. The predicted octanol–water partition coefficient (Wildman–Crippen LogP) is 4.41. The van der Waals surface area contributed by atoms with E-state index in [1.54, 1.807) is 36.4 Å². The van der Waals surface area contributed by atoms with Crippen LogP contribution >= 0.6 is 0 Å². The zero-order valence-electron chi connectivity index (χ0n) is 15.9. The number of aryl methyl sites for hydroxylation is 1. The smallest absolute Gasteiger partial charge is 0.271 e. The molecule has 0 bridgehead atoms. The fourth-order valence-corrected chi connectivity index (χ4v) is 3.40. The fraction of sp³-hybridized carbons (Fsp3) is 0.125. The summed E-state index contributed by atoms with van der Waals surface area (Å²) in [6, 6.07) is 23.9. The van der Waals surface area contributed by atoms with Gasteiger partial charge in [0.05, 0.1) is 5.71 Å². The van der Waals surface area contributed by atoms with Crippen molar-refractivity contribution in [3.63, 3.8) is 0 Å². The summed E-state index contributed by atoms with van der Waals surface area (Å²) in [6.45, 7) is 0. The molecule has 5 heteroatoms. The predicted molar refractivity (Wildman–Crippen MR) is 114 cm³/mol. The van der Waals surface area contributed by atoms with Crippen molar-refractivity contribution >= 4 is 23.2 Å². The summed E-state index contributed by atoms with van der Waals surface area (Å²) < 4.78 is 0. The standard InChI is InChI=1S/C24H21N3O2/c28-23(18-8-2-1-3-9-18)25-20-15-13-19(14-16-20)24(29)27-26-22-12-6-10-17-7-4-5-11-21(17)22/h1-5,7-9,11,13-16H,6,10,12H2,(H,25,28)(H,27,29). The van der Waals surface area contributed by atoms with Gasteiger partial charge in [-0.25, -0.2) is 5.43 Å². The van der Waals surface area contributed by atoms with Crippen LogP contribution in [0.3, 0.4) is 0 Å². The summed E-state index contributed by atoms with van der Waals surface area (Å²) in [5, 5.41) is 7.18. The molecule has 144 valence electrons. The number of anilines is 1. The van der Waals surface area contributed by atoms with Crippen LogP contribution in [0.15, 0.2) is 84.0 Å². The second-order valence-electron chi connectivity index (χ2n) is 6.91. The van der Waals surface area contributed by atoms with Gasteiger partial charge in [0.1, 0.15) is 0 Å². The molecule has 0 radical (unpaired) electrons. The van der Waals surface area contributed by atoms with Gasteiger partial charge in [0.15, 0.2) is 0 Å². The summed E-state index contributed by atoms with van der Waals surface area (Å²) in [6.07, 6.45) is 2.92. The Morgan fingerprint density at radius 3 is 2.21 bits per heavy atom. The normalized spacial score (nSPS) is 14.1. The van der Waals surface area contributed by atoms with Gasteiger partial charge in [-0.2, -0.15) is 5.10 Å². The number of rotatable bonds is 4. The van der Waals surface area contributed by atoms with Crippen LogP contribution in [0.2, 0.25) is 0 Å². The van der Waals surface area contributed by atoms with Crippen LogP contribution < -0.4 is 10.7 Å². The van der Waals surface area contributed by atoms with E-state index in [2.05, 4.69) is 21.9 Å². The molecule has 0 fully saturated rings. The maximum absolute atomic E-state index is 12.4. The second kappa shape index (κ2) is 8.52. The highest BCUT2D eigenvalue weighted by molar-refractivity contribution is 6.05. The Morgan fingerprint density at radius 2 is 1.41 bits per heavy atom. The lowest BCUT2D eigenvalue weighted by molar-refractivity contribution is 0.0954. The highest BCUT2D eigenvalue weighted by Gasteiger charge is 2.15. The Morgan fingerprint density at radius 1 is 0.724 bits per heavy atom. The molecule has 3 aromatic rings. The SMILES string of the molecule is O=C(NN=C1CCCc2ccccc21)c1ccc(NC(=O)c2ccccc2)cc1. The monoisotopic (exact) mass is 383 g/mol. The first-order valence-corrected chi connectivity index (χ1v) is 9.62. The summed E-state index contributed by atoms with van der Waals surface area (Å²) in [5.74, 6) is -0.466. The lowest BCUT2D eigenvalue weighted by Gasteiger charge is -2.17. The molecule has 1 aliphatic carbocycles. The van der Waals surface area contributed by atoms with Gasteiger partial charge in [-0.05, 0) is 61.2 Å². The number of nitrogens with zero attached hydrogens (tertiary/aromatic N) is 1. The highest BCUT2D eigenvalue weighted by Crippen LogP contribution is 2.21. The van der Waals surface area contributed by atoms with E-state index in [1.807, 2.05) is 36.4 Å². The lowest BCUT2D eigenvalue weighted by atomic mass is 9.90. The molecular weight excluding hydrogens is 362 g/mol. The number of carbonyl (C=O) groups is 2. The first-order chi connectivity index (χ1) is 14.2. The lowest BCUT2D eigenvalue weighted by Crippen LogP contribution is -2.22. The molecule has 0 atom stereocenters. The molecule has 0 unspecified atom stereocenters. The van der Waals surface area contributed by atoms with Crippen molar-refractivity contribution in [1.82, 2.24) is 5.43 Å². The number of hydrazone groups is 1. The highest BCUT2D eigenvalue weighted by atomic mass is 16.2. The van der Waals surface area contributed by atoms with Crippen LogP contribution in [0.1, 0.15) is 44.7 Å². The van der Waals surface area contributed by atoms with Gasteiger partial charge in [0.25, 0.3) is 11.8 Å². The minimum Gasteiger partial charge on any atom is -0.322 e. The van der Waals surface area contributed by atoms with E-state index in [0.717, 1.165) is 30.5 Å². The Balaban J connectivity index is 1.41. The number of hydrogen-bond acceptors (Lipinski definition) is 3. The molecule has 2 N–H and O–H groups in total. The van der Waals surface area contributed by atoms with Crippen LogP contribution in [-0.2, 0) is 6.42 Å². The molecular formula is C24H21N3O2. The number of hydrogen-bond donors (Lipinski definition) is 2. The Labute approximate surface area is 169 Å². The molecule has 2 amide bonds. The van der Waals surface area contributed by atoms with Gasteiger partial charge in [-0.15, -0.1) is 0 Å². The first kappa shape index (κ1) is 18.6. The summed E-state index contributed by atoms with van der Waals surface area (Å²) in [4.78, 5) is 24.7. The van der Waals surface area contributed by atoms with Crippen LogP contribution in [0.25, 0.3) is 0 Å². The Hall–Kier alpha value is -3.73. The van der Waals surface area contributed by atoms with Gasteiger partial charge in [-0.1, -0.05) is 42.5 Å². The van der Waals surface area contributed by atoms with Crippen LogP contribution in [-0.4, -0.2) is 17.5 Å². The summed E-state index contributed by atoms with van der Waals surface area (Å²) in [5.41, 5.74) is 7.64. The number of nitrogens with one attached hydrogen (secondary N) is 2. The number of benzene rings is 3. The van der Waals surface area contributed by atoms with Crippen molar-refractivity contribution in [2.45, 2.75) is 19.3 Å². The Bertz CT molecular complexity index is 1060.